The van der Waals surface area contributed by atoms with E-state index >= 15 is 0 Å². The molecule has 24 heavy (non-hydrogen) atoms. The molecule has 1 heterocycles. The second kappa shape index (κ2) is 5.78. The van der Waals surface area contributed by atoms with Crippen LogP contribution < -0.4 is 0 Å². The number of nitrogens with zero attached hydrogens (tertiary/aromatic N) is 1. The lowest BCUT2D eigenvalue weighted by Crippen LogP contribution is -1.92. The first-order chi connectivity index (χ1) is 11.7. The van der Waals surface area contributed by atoms with E-state index in [0.717, 1.165) is 27.8 Å². The number of para-hydroxylation sites is 1. The number of fused-ring (bicyclic) bond motifs is 1. The summed E-state index contributed by atoms with van der Waals surface area (Å²) < 4.78 is 13.3. The summed E-state index contributed by atoms with van der Waals surface area (Å²) in [4.78, 5) is 4.68. The van der Waals surface area contributed by atoms with Crippen LogP contribution in [0.3, 0.4) is 0 Å². The third-order valence-corrected chi connectivity index (χ3v) is 4.03. The number of hydrogen-bond donors (Lipinski definition) is 1. The fraction of sp³-hybridized carbons (Fsp3) is 0. The van der Waals surface area contributed by atoms with Crippen LogP contribution in [-0.2, 0) is 0 Å². The molecule has 0 aliphatic carbocycles. The molecule has 1 N–H and O–H groups in total. The van der Waals surface area contributed by atoms with Gasteiger partial charge in [-0.15, -0.1) is 0 Å². The minimum Gasteiger partial charge on any atom is -0.506 e. The van der Waals surface area contributed by atoms with E-state index in [1.807, 2.05) is 42.5 Å². The molecule has 116 valence electrons. The van der Waals surface area contributed by atoms with Gasteiger partial charge in [0.2, 0.25) is 0 Å². The van der Waals surface area contributed by atoms with Crippen molar-refractivity contribution < 1.29 is 9.50 Å². The molecule has 0 radical (unpaired) electrons. The van der Waals surface area contributed by atoms with Crippen molar-refractivity contribution in [3.05, 3.63) is 84.7 Å². The normalized spacial score (nSPS) is 10.9. The Balaban J connectivity index is 2.05. The molecule has 0 amide bonds. The number of aromatic nitrogens is 1. The molecule has 0 atom stereocenters. The van der Waals surface area contributed by atoms with Crippen molar-refractivity contribution in [2.24, 2.45) is 0 Å². The molecule has 0 unspecified atom stereocenters. The van der Waals surface area contributed by atoms with Gasteiger partial charge in [0.25, 0.3) is 0 Å². The summed E-state index contributed by atoms with van der Waals surface area (Å²) in [6, 6.07) is 23.5. The third kappa shape index (κ3) is 2.50. The largest absolute Gasteiger partial charge is 0.506 e. The van der Waals surface area contributed by atoms with Gasteiger partial charge in [0.15, 0.2) is 0 Å². The molecular weight excluding hydrogens is 301 g/mol. The van der Waals surface area contributed by atoms with Gasteiger partial charge in [0, 0.05) is 16.5 Å². The maximum absolute atomic E-state index is 13.3. The zero-order valence-corrected chi connectivity index (χ0v) is 12.8. The van der Waals surface area contributed by atoms with Gasteiger partial charge < -0.3 is 5.11 Å². The van der Waals surface area contributed by atoms with E-state index in [1.165, 1.54) is 12.1 Å². The number of benzene rings is 3. The maximum atomic E-state index is 13.3. The maximum Gasteiger partial charge on any atom is 0.141 e. The predicted octanol–water partition coefficient (Wildman–Crippen LogP) is 5.41. The smallest absolute Gasteiger partial charge is 0.141 e. The molecule has 0 bridgehead atoms. The van der Waals surface area contributed by atoms with E-state index < -0.39 is 0 Å². The fourth-order valence-corrected chi connectivity index (χ4v) is 2.85. The SMILES string of the molecule is Oc1cccc2cc(-c3ccccc3)c(-c3ccc(F)cc3)nc12. The summed E-state index contributed by atoms with van der Waals surface area (Å²) >= 11 is 0. The molecule has 4 rings (SSSR count). The van der Waals surface area contributed by atoms with Crippen LogP contribution in [0, 0.1) is 5.82 Å². The zero-order valence-electron chi connectivity index (χ0n) is 12.8. The van der Waals surface area contributed by atoms with E-state index in [2.05, 4.69) is 4.98 Å². The van der Waals surface area contributed by atoms with Gasteiger partial charge in [0.1, 0.15) is 17.1 Å². The summed E-state index contributed by atoms with van der Waals surface area (Å²) in [5, 5.41) is 11.0. The Morgan fingerprint density at radius 3 is 2.25 bits per heavy atom. The molecular formula is C21H14FNO. The van der Waals surface area contributed by atoms with E-state index in [-0.39, 0.29) is 11.6 Å². The van der Waals surface area contributed by atoms with Crippen molar-refractivity contribution in [2.45, 2.75) is 0 Å². The highest BCUT2D eigenvalue weighted by Crippen LogP contribution is 2.35. The third-order valence-electron chi connectivity index (χ3n) is 4.03. The van der Waals surface area contributed by atoms with Crippen molar-refractivity contribution >= 4 is 10.9 Å². The molecule has 0 saturated carbocycles. The lowest BCUT2D eigenvalue weighted by molar-refractivity contribution is 0.480. The van der Waals surface area contributed by atoms with Gasteiger partial charge in [-0.05, 0) is 42.0 Å². The van der Waals surface area contributed by atoms with Crippen molar-refractivity contribution in [3.63, 3.8) is 0 Å². The van der Waals surface area contributed by atoms with Crippen LogP contribution in [0.4, 0.5) is 4.39 Å². The first kappa shape index (κ1) is 14.4. The second-order valence-corrected chi connectivity index (χ2v) is 5.61. The standard InChI is InChI=1S/C21H14FNO/c22-17-11-9-15(10-12-17)20-18(14-5-2-1-3-6-14)13-16-7-4-8-19(24)21(16)23-20/h1-13,24H. The molecule has 0 fully saturated rings. The van der Waals surface area contributed by atoms with Crippen molar-refractivity contribution in [1.82, 2.24) is 4.98 Å². The fourth-order valence-electron chi connectivity index (χ4n) is 2.85. The number of hydrogen-bond acceptors (Lipinski definition) is 2. The Labute approximate surface area is 138 Å². The molecule has 3 heteroatoms. The minimum atomic E-state index is -0.288. The Bertz CT molecular complexity index is 1010. The number of phenolic OH excluding ortho intramolecular Hbond substituents is 1. The Hall–Kier alpha value is -3.20. The van der Waals surface area contributed by atoms with Crippen LogP contribution in [-0.4, -0.2) is 10.1 Å². The average molecular weight is 315 g/mol. The molecule has 0 saturated heterocycles. The van der Waals surface area contributed by atoms with E-state index in [9.17, 15) is 9.50 Å². The zero-order chi connectivity index (χ0) is 16.5. The summed E-state index contributed by atoms with van der Waals surface area (Å²) in [7, 11) is 0. The van der Waals surface area contributed by atoms with E-state index in [1.54, 1.807) is 24.3 Å². The molecule has 3 aromatic carbocycles. The molecule has 0 spiro atoms. The number of rotatable bonds is 2. The Morgan fingerprint density at radius 1 is 0.750 bits per heavy atom. The topological polar surface area (TPSA) is 33.1 Å². The highest BCUT2D eigenvalue weighted by atomic mass is 19.1. The number of halogens is 1. The highest BCUT2D eigenvalue weighted by molar-refractivity contribution is 5.94. The van der Waals surface area contributed by atoms with Crippen molar-refractivity contribution in [1.29, 1.82) is 0 Å². The number of pyridine rings is 1. The van der Waals surface area contributed by atoms with Crippen LogP contribution in [0.2, 0.25) is 0 Å². The minimum absolute atomic E-state index is 0.135. The number of phenols is 1. The molecule has 0 aliphatic rings. The van der Waals surface area contributed by atoms with Gasteiger partial charge >= 0.3 is 0 Å². The lowest BCUT2D eigenvalue weighted by atomic mass is 9.97. The monoisotopic (exact) mass is 315 g/mol. The van der Waals surface area contributed by atoms with Gasteiger partial charge in [-0.25, -0.2) is 9.37 Å². The van der Waals surface area contributed by atoms with E-state index in [4.69, 9.17) is 0 Å². The first-order valence-corrected chi connectivity index (χ1v) is 7.66. The predicted molar refractivity (Wildman–Crippen MR) is 94.2 cm³/mol. The number of aromatic hydroxyl groups is 1. The van der Waals surface area contributed by atoms with Gasteiger partial charge in [-0.3, -0.25) is 0 Å². The molecule has 2 nitrogen and oxygen atoms in total. The van der Waals surface area contributed by atoms with Gasteiger partial charge in [-0.1, -0.05) is 42.5 Å². The van der Waals surface area contributed by atoms with Crippen LogP contribution in [0.15, 0.2) is 78.9 Å². The van der Waals surface area contributed by atoms with Crippen molar-refractivity contribution in [3.8, 4) is 28.1 Å². The highest BCUT2D eigenvalue weighted by Gasteiger charge is 2.13. The molecule has 0 aliphatic heterocycles. The Kier molecular flexibility index (Phi) is 3.47. The first-order valence-electron chi connectivity index (χ1n) is 7.66. The van der Waals surface area contributed by atoms with Crippen molar-refractivity contribution in [2.75, 3.05) is 0 Å². The van der Waals surface area contributed by atoms with Gasteiger partial charge in [-0.2, -0.15) is 0 Å². The van der Waals surface area contributed by atoms with Gasteiger partial charge in [0.05, 0.1) is 5.69 Å². The summed E-state index contributed by atoms with van der Waals surface area (Å²) in [6.45, 7) is 0. The Morgan fingerprint density at radius 2 is 1.50 bits per heavy atom. The second-order valence-electron chi connectivity index (χ2n) is 5.61. The average Bonchev–Trinajstić information content (AvgIpc) is 2.63. The quantitative estimate of drug-likeness (QED) is 0.536. The molecule has 1 aromatic heterocycles. The summed E-state index contributed by atoms with van der Waals surface area (Å²) in [6.07, 6.45) is 0. The molecule has 4 aromatic rings. The van der Waals surface area contributed by atoms with Crippen LogP contribution in [0.1, 0.15) is 0 Å². The van der Waals surface area contributed by atoms with Crippen LogP contribution >= 0.6 is 0 Å². The summed E-state index contributed by atoms with van der Waals surface area (Å²) in [5.41, 5.74) is 4.03. The van der Waals surface area contributed by atoms with Crippen LogP contribution in [0.5, 0.6) is 5.75 Å². The summed E-state index contributed by atoms with van der Waals surface area (Å²) in [5.74, 6) is -0.154. The van der Waals surface area contributed by atoms with Crippen LogP contribution in [0.25, 0.3) is 33.3 Å². The van der Waals surface area contributed by atoms with E-state index in [0.29, 0.717) is 5.52 Å². The lowest BCUT2D eigenvalue weighted by Gasteiger charge is -2.12.